The molecule has 3 nitrogen and oxygen atoms in total. The van der Waals surface area contributed by atoms with Crippen LogP contribution in [0.15, 0.2) is 18.2 Å². The third kappa shape index (κ3) is 3.98. The first-order valence-corrected chi connectivity index (χ1v) is 5.30. The average molecular weight is 224 g/mol. The van der Waals surface area contributed by atoms with E-state index < -0.39 is 0 Å². The van der Waals surface area contributed by atoms with Crippen LogP contribution in [-0.2, 0) is 11.3 Å². The molecule has 0 spiro atoms. The second-order valence-electron chi connectivity index (χ2n) is 3.67. The van der Waals surface area contributed by atoms with Crippen LogP contribution in [0, 0.1) is 12.7 Å². The van der Waals surface area contributed by atoms with Crippen LogP contribution < -0.4 is 10.6 Å². The third-order valence-corrected chi connectivity index (χ3v) is 2.43. The number of carbonyl (C=O) groups is 1. The maximum absolute atomic E-state index is 12.8. The van der Waals surface area contributed by atoms with E-state index in [1.54, 1.807) is 13.1 Å². The lowest BCUT2D eigenvalue weighted by Gasteiger charge is -2.07. The molecule has 1 amide bonds. The molecule has 0 radical (unpaired) electrons. The number of rotatable bonds is 5. The van der Waals surface area contributed by atoms with Crippen LogP contribution in [0.2, 0.25) is 0 Å². The first-order chi connectivity index (χ1) is 7.63. The van der Waals surface area contributed by atoms with Gasteiger partial charge in [0.1, 0.15) is 5.82 Å². The van der Waals surface area contributed by atoms with Gasteiger partial charge < -0.3 is 10.6 Å². The van der Waals surface area contributed by atoms with E-state index in [9.17, 15) is 9.18 Å². The Labute approximate surface area is 95.0 Å². The van der Waals surface area contributed by atoms with Crippen LogP contribution in [0.1, 0.15) is 17.5 Å². The lowest BCUT2D eigenvalue weighted by Crippen LogP contribution is -2.24. The molecule has 0 saturated heterocycles. The first kappa shape index (κ1) is 12.6. The summed E-state index contributed by atoms with van der Waals surface area (Å²) in [6.45, 7) is 3.15. The largest absolute Gasteiger partial charge is 0.359 e. The summed E-state index contributed by atoms with van der Waals surface area (Å²) in [6, 6.07) is 4.72. The van der Waals surface area contributed by atoms with Crippen molar-refractivity contribution < 1.29 is 9.18 Å². The fourth-order valence-electron chi connectivity index (χ4n) is 1.41. The molecule has 0 aliphatic rings. The molecule has 1 rings (SSSR count). The fraction of sp³-hybridized carbons (Fsp3) is 0.417. The van der Waals surface area contributed by atoms with Gasteiger partial charge in [-0.15, -0.1) is 0 Å². The summed E-state index contributed by atoms with van der Waals surface area (Å²) >= 11 is 0. The van der Waals surface area contributed by atoms with Crippen molar-refractivity contribution in [2.75, 3.05) is 13.6 Å². The summed E-state index contributed by atoms with van der Waals surface area (Å²) in [5.74, 6) is -0.199. The van der Waals surface area contributed by atoms with E-state index in [0.717, 1.165) is 11.1 Å². The summed E-state index contributed by atoms with van der Waals surface area (Å²) in [6.07, 6.45) is 0.455. The van der Waals surface area contributed by atoms with E-state index in [4.69, 9.17) is 0 Å². The van der Waals surface area contributed by atoms with Gasteiger partial charge in [0, 0.05) is 26.6 Å². The van der Waals surface area contributed by atoms with Gasteiger partial charge in [-0.25, -0.2) is 4.39 Å². The Morgan fingerprint density at radius 3 is 2.81 bits per heavy atom. The predicted octanol–water partition coefficient (Wildman–Crippen LogP) is 1.36. The van der Waals surface area contributed by atoms with E-state index in [1.807, 2.05) is 6.92 Å². The second kappa shape index (κ2) is 6.23. The molecule has 0 fully saturated rings. The molecule has 2 N–H and O–H groups in total. The average Bonchev–Trinajstić information content (AvgIpc) is 2.26. The minimum absolute atomic E-state index is 0.0170. The number of hydrogen-bond acceptors (Lipinski definition) is 2. The molecule has 0 atom stereocenters. The van der Waals surface area contributed by atoms with Crippen LogP contribution in [0.5, 0.6) is 0 Å². The Bertz CT molecular complexity index is 366. The van der Waals surface area contributed by atoms with Gasteiger partial charge in [-0.2, -0.15) is 0 Å². The summed E-state index contributed by atoms with van der Waals surface area (Å²) in [4.78, 5) is 10.9. The van der Waals surface area contributed by atoms with Crippen molar-refractivity contribution in [1.82, 2.24) is 10.6 Å². The Morgan fingerprint density at radius 2 is 2.19 bits per heavy atom. The molecule has 0 unspecified atom stereocenters. The predicted molar refractivity (Wildman–Crippen MR) is 61.5 cm³/mol. The minimum atomic E-state index is -0.216. The van der Waals surface area contributed by atoms with Crippen LogP contribution in [0.3, 0.4) is 0 Å². The molecule has 1 aromatic carbocycles. The third-order valence-electron chi connectivity index (χ3n) is 2.43. The van der Waals surface area contributed by atoms with E-state index in [1.165, 1.54) is 12.1 Å². The summed E-state index contributed by atoms with van der Waals surface area (Å²) < 4.78 is 12.8. The number of aryl methyl sites for hydroxylation is 1. The molecule has 0 aliphatic heterocycles. The summed E-state index contributed by atoms with van der Waals surface area (Å²) in [7, 11) is 1.62. The highest BCUT2D eigenvalue weighted by atomic mass is 19.1. The van der Waals surface area contributed by atoms with Gasteiger partial charge in [-0.3, -0.25) is 4.79 Å². The lowest BCUT2D eigenvalue weighted by atomic mass is 10.1. The van der Waals surface area contributed by atoms with Gasteiger partial charge in [-0.1, -0.05) is 6.07 Å². The van der Waals surface area contributed by atoms with Crippen molar-refractivity contribution in [3.05, 3.63) is 35.1 Å². The number of amides is 1. The normalized spacial score (nSPS) is 10.2. The molecule has 0 aliphatic carbocycles. The van der Waals surface area contributed by atoms with Crippen LogP contribution >= 0.6 is 0 Å². The number of benzene rings is 1. The number of nitrogens with one attached hydrogen (secondary N) is 2. The Hall–Kier alpha value is -1.42. The van der Waals surface area contributed by atoms with Crippen molar-refractivity contribution in [1.29, 1.82) is 0 Å². The monoisotopic (exact) mass is 224 g/mol. The zero-order valence-corrected chi connectivity index (χ0v) is 9.64. The van der Waals surface area contributed by atoms with Gasteiger partial charge in [0.25, 0.3) is 0 Å². The first-order valence-electron chi connectivity index (χ1n) is 5.30. The van der Waals surface area contributed by atoms with Crippen molar-refractivity contribution in [2.24, 2.45) is 0 Å². The van der Waals surface area contributed by atoms with Crippen LogP contribution in [0.4, 0.5) is 4.39 Å². The zero-order chi connectivity index (χ0) is 12.0. The molecule has 16 heavy (non-hydrogen) atoms. The highest BCUT2D eigenvalue weighted by molar-refractivity contribution is 5.75. The number of carbonyl (C=O) groups excluding carboxylic acids is 1. The molecular formula is C12H17FN2O. The second-order valence-corrected chi connectivity index (χ2v) is 3.67. The lowest BCUT2D eigenvalue weighted by molar-refractivity contribution is -0.120. The van der Waals surface area contributed by atoms with Gasteiger partial charge in [0.2, 0.25) is 5.91 Å². The van der Waals surface area contributed by atoms with Crippen LogP contribution in [0.25, 0.3) is 0 Å². The smallest absolute Gasteiger partial charge is 0.221 e. The molecule has 88 valence electrons. The van der Waals surface area contributed by atoms with Crippen molar-refractivity contribution in [2.45, 2.75) is 19.9 Å². The maximum atomic E-state index is 12.8. The minimum Gasteiger partial charge on any atom is -0.359 e. The van der Waals surface area contributed by atoms with E-state index in [2.05, 4.69) is 10.6 Å². The Morgan fingerprint density at radius 1 is 1.44 bits per heavy atom. The maximum Gasteiger partial charge on any atom is 0.221 e. The van der Waals surface area contributed by atoms with Gasteiger partial charge in [-0.05, 0) is 30.2 Å². The molecule has 4 heteroatoms. The van der Waals surface area contributed by atoms with E-state index in [-0.39, 0.29) is 11.7 Å². The molecule has 1 aromatic rings. The molecule has 0 heterocycles. The molecular weight excluding hydrogens is 207 g/mol. The Kier molecular flexibility index (Phi) is 4.92. The van der Waals surface area contributed by atoms with Crippen molar-refractivity contribution in [3.8, 4) is 0 Å². The van der Waals surface area contributed by atoms with Crippen molar-refractivity contribution in [3.63, 3.8) is 0 Å². The standard InChI is InChI=1S/C12H17FN2O/c1-9-7-11(13)4-3-10(9)8-15-6-5-12(16)14-2/h3-4,7,15H,5-6,8H2,1-2H3,(H,14,16). The van der Waals surface area contributed by atoms with Crippen LogP contribution in [-0.4, -0.2) is 19.5 Å². The highest BCUT2D eigenvalue weighted by Crippen LogP contribution is 2.09. The van der Waals surface area contributed by atoms with Gasteiger partial charge in [0.15, 0.2) is 0 Å². The van der Waals surface area contributed by atoms with E-state index >= 15 is 0 Å². The SMILES string of the molecule is CNC(=O)CCNCc1ccc(F)cc1C. The fourth-order valence-corrected chi connectivity index (χ4v) is 1.41. The summed E-state index contributed by atoms with van der Waals surface area (Å²) in [5.41, 5.74) is 1.98. The van der Waals surface area contributed by atoms with E-state index in [0.29, 0.717) is 19.5 Å². The number of hydrogen-bond donors (Lipinski definition) is 2. The Balaban J connectivity index is 2.35. The van der Waals surface area contributed by atoms with Gasteiger partial charge in [0.05, 0.1) is 0 Å². The molecule has 0 bridgehead atoms. The zero-order valence-electron chi connectivity index (χ0n) is 9.64. The quantitative estimate of drug-likeness (QED) is 0.741. The molecule has 0 saturated carbocycles. The highest BCUT2D eigenvalue weighted by Gasteiger charge is 2.00. The number of halogens is 1. The summed E-state index contributed by atoms with van der Waals surface area (Å²) in [5, 5.41) is 5.70. The van der Waals surface area contributed by atoms with Gasteiger partial charge >= 0.3 is 0 Å². The topological polar surface area (TPSA) is 41.1 Å². The van der Waals surface area contributed by atoms with Crippen molar-refractivity contribution >= 4 is 5.91 Å². The molecule has 0 aromatic heterocycles.